The molecule has 0 fully saturated rings. The molecule has 1 amide bonds. The van der Waals surface area contributed by atoms with Crippen LogP contribution in [0.3, 0.4) is 0 Å². The van der Waals surface area contributed by atoms with Crippen molar-refractivity contribution in [3.8, 4) is 5.75 Å². The van der Waals surface area contributed by atoms with Crippen molar-refractivity contribution in [3.05, 3.63) is 65.2 Å². The summed E-state index contributed by atoms with van der Waals surface area (Å²) in [5.74, 6) is 0.354. The Balaban J connectivity index is 1.88. The van der Waals surface area contributed by atoms with Crippen LogP contribution in [0.25, 0.3) is 0 Å². The summed E-state index contributed by atoms with van der Waals surface area (Å²) in [6, 6.07) is 14.5. The number of hydrogen-bond donors (Lipinski definition) is 3. The first kappa shape index (κ1) is 24.9. The molecule has 0 radical (unpaired) electrons. The Morgan fingerprint density at radius 3 is 2.28 bits per heavy atom. The second kappa shape index (κ2) is 13.1. The van der Waals surface area contributed by atoms with Gasteiger partial charge in [-0.1, -0.05) is 36.4 Å². The van der Waals surface area contributed by atoms with Crippen LogP contribution in [0, 0.1) is 5.41 Å². The van der Waals surface area contributed by atoms with Crippen LogP contribution in [0.4, 0.5) is 0 Å². The van der Waals surface area contributed by atoms with E-state index in [2.05, 4.69) is 5.32 Å². The minimum absolute atomic E-state index is 0.0538. The lowest BCUT2D eigenvalue weighted by molar-refractivity contribution is -0.143. The van der Waals surface area contributed by atoms with Crippen LogP contribution in [0.2, 0.25) is 0 Å². The summed E-state index contributed by atoms with van der Waals surface area (Å²) in [4.78, 5) is 24.6. The van der Waals surface area contributed by atoms with Crippen molar-refractivity contribution in [1.29, 1.82) is 5.41 Å². The Labute approximate surface area is 189 Å². The molecule has 7 nitrogen and oxygen atoms in total. The summed E-state index contributed by atoms with van der Waals surface area (Å²) in [7, 11) is 0. The average Bonchev–Trinajstić information content (AvgIpc) is 2.77. The van der Waals surface area contributed by atoms with Gasteiger partial charge in [0.05, 0.1) is 25.7 Å². The molecule has 0 aliphatic rings. The maximum absolute atomic E-state index is 12.5. The highest BCUT2D eigenvalue weighted by molar-refractivity contribution is 5.94. The molecular formula is C25H33N3O4. The van der Waals surface area contributed by atoms with Gasteiger partial charge in [-0.2, -0.15) is 0 Å². The van der Waals surface area contributed by atoms with E-state index >= 15 is 0 Å². The molecule has 0 bridgehead atoms. The summed E-state index contributed by atoms with van der Waals surface area (Å²) in [5, 5.41) is 10.4. The van der Waals surface area contributed by atoms with Gasteiger partial charge in [0.15, 0.2) is 0 Å². The van der Waals surface area contributed by atoms with E-state index in [0.717, 1.165) is 36.1 Å². The normalized spacial score (nSPS) is 11.4. The monoisotopic (exact) mass is 439 g/mol. The van der Waals surface area contributed by atoms with Crippen LogP contribution in [-0.4, -0.2) is 30.9 Å². The van der Waals surface area contributed by atoms with Crippen molar-refractivity contribution < 1.29 is 19.1 Å². The van der Waals surface area contributed by atoms with Gasteiger partial charge >= 0.3 is 5.97 Å². The topological polar surface area (TPSA) is 114 Å². The van der Waals surface area contributed by atoms with Gasteiger partial charge in [-0.25, -0.2) is 0 Å². The highest BCUT2D eigenvalue weighted by atomic mass is 16.5. The molecule has 172 valence electrons. The number of nitrogen functional groups attached to an aromatic ring is 1. The van der Waals surface area contributed by atoms with Crippen LogP contribution in [0.5, 0.6) is 5.75 Å². The number of esters is 1. The molecule has 0 heterocycles. The third-order valence-electron chi connectivity index (χ3n) is 4.99. The Morgan fingerprint density at radius 1 is 1.00 bits per heavy atom. The number of aryl methyl sites for hydroxylation is 1. The fourth-order valence-electron chi connectivity index (χ4n) is 3.33. The molecule has 0 spiro atoms. The largest absolute Gasteiger partial charge is 0.494 e. The number of benzene rings is 2. The Bertz CT molecular complexity index is 879. The van der Waals surface area contributed by atoms with Gasteiger partial charge in [0.1, 0.15) is 11.6 Å². The predicted octanol–water partition coefficient (Wildman–Crippen LogP) is 3.89. The third kappa shape index (κ3) is 8.41. The maximum Gasteiger partial charge on any atom is 0.308 e. The fraction of sp³-hybridized carbons (Fsp3) is 0.400. The highest BCUT2D eigenvalue weighted by Gasteiger charge is 2.19. The molecule has 1 unspecified atom stereocenters. The number of nitrogens with two attached hydrogens (primary N) is 1. The predicted molar refractivity (Wildman–Crippen MR) is 125 cm³/mol. The second-order valence-corrected chi connectivity index (χ2v) is 7.45. The molecular weight excluding hydrogens is 406 g/mol. The van der Waals surface area contributed by atoms with Crippen molar-refractivity contribution in [2.75, 3.05) is 13.2 Å². The van der Waals surface area contributed by atoms with Crippen LogP contribution in [0.1, 0.15) is 62.3 Å². The number of nitrogens with one attached hydrogen (secondary N) is 2. The standard InChI is InChI=1S/C25H33N3O4/c1-3-31-21-15-13-19(14-16-21)22(17-24(30)32-4-2)28-23(29)8-6-5-7-18-9-11-20(12-10-18)25(26)27/h9-16,22H,3-8,17H2,1-2H3,(H3,26,27)(H,28,29). The van der Waals surface area contributed by atoms with Crippen LogP contribution < -0.4 is 15.8 Å². The molecule has 0 aliphatic heterocycles. The molecule has 7 heteroatoms. The van der Waals surface area contributed by atoms with Gasteiger partial charge in [-0.05, 0) is 56.4 Å². The summed E-state index contributed by atoms with van der Waals surface area (Å²) < 4.78 is 10.5. The second-order valence-electron chi connectivity index (χ2n) is 7.45. The zero-order valence-corrected chi connectivity index (χ0v) is 18.9. The van der Waals surface area contributed by atoms with Crippen LogP contribution in [-0.2, 0) is 20.7 Å². The number of amidine groups is 1. The summed E-state index contributed by atoms with van der Waals surface area (Å²) in [6.07, 6.45) is 2.89. The van der Waals surface area contributed by atoms with Crippen molar-refractivity contribution in [1.82, 2.24) is 5.32 Å². The van der Waals surface area contributed by atoms with Crippen molar-refractivity contribution in [2.24, 2.45) is 5.73 Å². The van der Waals surface area contributed by atoms with Crippen molar-refractivity contribution in [2.45, 2.75) is 52.0 Å². The number of unbranched alkanes of at least 4 members (excludes halogenated alkanes) is 1. The van der Waals surface area contributed by atoms with Gasteiger partial charge in [0.2, 0.25) is 5.91 Å². The molecule has 2 aromatic rings. The van der Waals surface area contributed by atoms with E-state index in [0.29, 0.717) is 25.2 Å². The molecule has 2 aromatic carbocycles. The number of ether oxygens (including phenoxy) is 2. The number of hydrogen-bond acceptors (Lipinski definition) is 5. The van der Waals surface area contributed by atoms with Gasteiger partial charge in [-0.3, -0.25) is 15.0 Å². The average molecular weight is 440 g/mol. The first-order valence-corrected chi connectivity index (χ1v) is 11.0. The van der Waals surface area contributed by atoms with Gasteiger partial charge in [-0.15, -0.1) is 0 Å². The summed E-state index contributed by atoms with van der Waals surface area (Å²) in [6.45, 7) is 4.55. The Kier molecular flexibility index (Phi) is 10.2. The van der Waals surface area contributed by atoms with Crippen LogP contribution >= 0.6 is 0 Å². The van der Waals surface area contributed by atoms with Crippen LogP contribution in [0.15, 0.2) is 48.5 Å². The summed E-state index contributed by atoms with van der Waals surface area (Å²) in [5.41, 5.74) is 8.15. The number of rotatable bonds is 13. The lowest BCUT2D eigenvalue weighted by Gasteiger charge is -2.19. The number of amides is 1. The highest BCUT2D eigenvalue weighted by Crippen LogP contribution is 2.21. The first-order chi connectivity index (χ1) is 15.4. The number of carbonyl (C=O) groups is 2. The lowest BCUT2D eigenvalue weighted by atomic mass is 10.0. The first-order valence-electron chi connectivity index (χ1n) is 11.0. The molecule has 4 N–H and O–H groups in total. The zero-order valence-electron chi connectivity index (χ0n) is 18.9. The smallest absolute Gasteiger partial charge is 0.308 e. The van der Waals surface area contributed by atoms with E-state index in [9.17, 15) is 9.59 Å². The lowest BCUT2D eigenvalue weighted by Crippen LogP contribution is -2.30. The minimum atomic E-state index is -0.448. The van der Waals surface area contributed by atoms with Crippen molar-refractivity contribution in [3.63, 3.8) is 0 Å². The molecule has 0 saturated heterocycles. The Morgan fingerprint density at radius 2 is 1.69 bits per heavy atom. The van der Waals surface area contributed by atoms with E-state index in [1.165, 1.54) is 0 Å². The molecule has 0 aliphatic carbocycles. The molecule has 0 saturated carbocycles. The zero-order chi connectivity index (χ0) is 23.3. The fourth-order valence-corrected chi connectivity index (χ4v) is 3.33. The molecule has 0 aromatic heterocycles. The minimum Gasteiger partial charge on any atom is -0.494 e. The van der Waals surface area contributed by atoms with Crippen molar-refractivity contribution >= 4 is 17.7 Å². The van der Waals surface area contributed by atoms with E-state index in [-0.39, 0.29) is 24.1 Å². The summed E-state index contributed by atoms with van der Waals surface area (Å²) >= 11 is 0. The SMILES string of the molecule is CCOC(=O)CC(NC(=O)CCCCc1ccc(C(=N)N)cc1)c1ccc(OCC)cc1. The molecule has 1 atom stereocenters. The number of carbonyl (C=O) groups excluding carboxylic acids is 2. The van der Waals surface area contributed by atoms with E-state index in [4.69, 9.17) is 20.6 Å². The van der Waals surface area contributed by atoms with Gasteiger partial charge < -0.3 is 20.5 Å². The molecule has 32 heavy (non-hydrogen) atoms. The van der Waals surface area contributed by atoms with E-state index < -0.39 is 6.04 Å². The third-order valence-corrected chi connectivity index (χ3v) is 4.99. The van der Waals surface area contributed by atoms with E-state index in [1.807, 2.05) is 55.5 Å². The van der Waals surface area contributed by atoms with Gasteiger partial charge in [0, 0.05) is 12.0 Å². The van der Waals surface area contributed by atoms with E-state index in [1.54, 1.807) is 6.92 Å². The van der Waals surface area contributed by atoms with Gasteiger partial charge in [0.25, 0.3) is 0 Å². The molecule has 2 rings (SSSR count). The quantitative estimate of drug-likeness (QED) is 0.190. The Hall–Kier alpha value is -3.35. The maximum atomic E-state index is 12.5.